The molecule has 2 aromatic rings. The first-order valence-corrected chi connectivity index (χ1v) is 17.2. The van der Waals surface area contributed by atoms with Crippen molar-refractivity contribution in [2.75, 3.05) is 25.5 Å². The van der Waals surface area contributed by atoms with E-state index < -0.39 is 12.0 Å². The average Bonchev–Trinajstić information content (AvgIpc) is 3.50. The number of carbonyl (C=O) groups excluding carboxylic acids is 2. The Bertz CT molecular complexity index is 1550. The molecule has 1 fully saturated rings. The largest absolute Gasteiger partial charge is 0.504 e. The second-order valence-electron chi connectivity index (χ2n) is 13.4. The number of hydrogen-bond donors (Lipinski definition) is 2. The van der Waals surface area contributed by atoms with Gasteiger partial charge in [-0.05, 0) is 96.4 Å². The maximum Gasteiger partial charge on any atom is 0.302 e. The van der Waals surface area contributed by atoms with Gasteiger partial charge in [-0.25, -0.2) is 4.98 Å². The number of benzene rings is 1. The van der Waals surface area contributed by atoms with E-state index in [1.165, 1.54) is 50.0 Å². The molecule has 3 aliphatic rings. The molecule has 8 heteroatoms. The molecular formula is C39H49N3O5. The number of esters is 1. The molecule has 3 unspecified atom stereocenters. The van der Waals surface area contributed by atoms with E-state index in [0.717, 1.165) is 56.5 Å². The van der Waals surface area contributed by atoms with Crippen LogP contribution in [0.3, 0.4) is 0 Å². The van der Waals surface area contributed by atoms with Crippen LogP contribution in [-0.4, -0.2) is 54.4 Å². The van der Waals surface area contributed by atoms with Gasteiger partial charge in [-0.3, -0.25) is 14.6 Å². The summed E-state index contributed by atoms with van der Waals surface area (Å²) in [6.45, 7) is 4.74. The molecule has 0 radical (unpaired) electrons. The number of nitrogens with one attached hydrogen (secondary N) is 1. The molecule has 8 nitrogen and oxygen atoms in total. The predicted molar refractivity (Wildman–Crippen MR) is 185 cm³/mol. The number of phenolic OH excluding ortho intramolecular Hbond substituents is 1. The molecule has 1 aliphatic carbocycles. The highest BCUT2D eigenvalue weighted by molar-refractivity contribution is 5.83. The van der Waals surface area contributed by atoms with Crippen molar-refractivity contribution in [3.05, 3.63) is 58.8 Å². The number of anilines is 1. The Labute approximate surface area is 279 Å². The normalized spacial score (nSPS) is 23.6. The van der Waals surface area contributed by atoms with Crippen molar-refractivity contribution in [1.82, 2.24) is 4.98 Å². The fraction of sp³-hybridized carbons (Fsp3) is 0.538. The zero-order chi connectivity index (χ0) is 33.2. The van der Waals surface area contributed by atoms with Crippen LogP contribution in [0.5, 0.6) is 11.5 Å². The highest BCUT2D eigenvalue weighted by Gasteiger charge is 2.36. The van der Waals surface area contributed by atoms with E-state index in [1.807, 2.05) is 6.20 Å². The zero-order valence-electron chi connectivity index (χ0n) is 28.1. The molecular weight excluding hydrogens is 590 g/mol. The molecule has 3 heterocycles. The number of nitrogens with zero attached hydrogens (tertiary/aromatic N) is 2. The van der Waals surface area contributed by atoms with E-state index in [4.69, 9.17) is 14.5 Å². The molecule has 250 valence electrons. The Morgan fingerprint density at radius 3 is 2.70 bits per heavy atom. The van der Waals surface area contributed by atoms with Crippen LogP contribution >= 0.6 is 0 Å². The lowest BCUT2D eigenvalue weighted by atomic mass is 9.65. The minimum Gasteiger partial charge on any atom is -0.504 e. The number of methoxy groups -OCH3 is 1. The minimum absolute atomic E-state index is 0.0259. The summed E-state index contributed by atoms with van der Waals surface area (Å²) < 4.78 is 11.0. The average molecular weight is 640 g/mol. The Hall–Kier alpha value is -4.12. The van der Waals surface area contributed by atoms with Gasteiger partial charge in [-0.15, -0.1) is 0 Å². The van der Waals surface area contributed by atoms with Gasteiger partial charge in [0.25, 0.3) is 0 Å². The number of Topliss-reactive ketones (excluding diaryl/α,β-unsaturated/α-hetero) is 1. The Morgan fingerprint density at radius 1 is 1.11 bits per heavy atom. The van der Waals surface area contributed by atoms with Gasteiger partial charge in [0.05, 0.1) is 26.1 Å². The number of aromatic hydroxyl groups is 1. The summed E-state index contributed by atoms with van der Waals surface area (Å²) in [4.78, 5) is 35.0. The summed E-state index contributed by atoms with van der Waals surface area (Å²) >= 11 is 0. The molecule has 3 atom stereocenters. The summed E-state index contributed by atoms with van der Waals surface area (Å²) in [7, 11) is 1.50. The van der Waals surface area contributed by atoms with E-state index in [9.17, 15) is 14.7 Å². The van der Waals surface area contributed by atoms with E-state index in [0.29, 0.717) is 24.6 Å². The van der Waals surface area contributed by atoms with Crippen LogP contribution in [-0.2, 0) is 19.7 Å². The topological polar surface area (TPSA) is 110 Å². The molecule has 1 aromatic heterocycles. The first-order valence-electron chi connectivity index (χ1n) is 17.2. The van der Waals surface area contributed by atoms with Gasteiger partial charge in [-0.2, -0.15) is 0 Å². The van der Waals surface area contributed by atoms with Crippen molar-refractivity contribution < 1.29 is 24.2 Å². The smallest absolute Gasteiger partial charge is 0.302 e. The van der Waals surface area contributed by atoms with E-state index in [-0.39, 0.29) is 35.8 Å². The number of allylic oxidation sites excluding steroid dienone is 1. The first kappa shape index (κ1) is 34.2. The van der Waals surface area contributed by atoms with E-state index >= 15 is 0 Å². The van der Waals surface area contributed by atoms with Crippen molar-refractivity contribution in [3.63, 3.8) is 0 Å². The fourth-order valence-electron chi connectivity index (χ4n) is 7.54. The van der Waals surface area contributed by atoms with Gasteiger partial charge >= 0.3 is 5.97 Å². The third-order valence-corrected chi connectivity index (χ3v) is 10.2. The number of fused-ring (bicyclic) bond motifs is 3. The number of aromatic nitrogens is 1. The van der Waals surface area contributed by atoms with Crippen molar-refractivity contribution in [1.29, 1.82) is 0 Å². The number of phenols is 1. The molecule has 2 aliphatic heterocycles. The second kappa shape index (κ2) is 16.1. The number of ketones is 1. The van der Waals surface area contributed by atoms with Crippen LogP contribution in [0.2, 0.25) is 0 Å². The van der Waals surface area contributed by atoms with Crippen LogP contribution in [0, 0.1) is 17.8 Å². The van der Waals surface area contributed by atoms with Crippen LogP contribution in [0.4, 0.5) is 5.82 Å². The highest BCUT2D eigenvalue weighted by atomic mass is 16.5. The summed E-state index contributed by atoms with van der Waals surface area (Å²) in [5.74, 6) is 7.23. The molecule has 1 saturated carbocycles. The summed E-state index contributed by atoms with van der Waals surface area (Å²) in [6.07, 6.45) is 14.2. The van der Waals surface area contributed by atoms with Gasteiger partial charge in [0.1, 0.15) is 17.7 Å². The van der Waals surface area contributed by atoms with Gasteiger partial charge in [-0.1, -0.05) is 50.5 Å². The number of carbonyl (C=O) groups is 2. The molecule has 47 heavy (non-hydrogen) atoms. The Morgan fingerprint density at radius 2 is 1.94 bits per heavy atom. The SMILES string of the molecule is CCC1CCC(OC(C)=O)CC(=O)CC(c2ccc(O)c(OC)c2)C#CCNc2cc(ccn2)C2(CCCCC2)CC2=C(C=NC2)C1. The fourth-order valence-corrected chi connectivity index (χ4v) is 7.54. The molecule has 0 amide bonds. The maximum absolute atomic E-state index is 13.5. The molecule has 1 spiro atoms. The molecule has 0 saturated heterocycles. The van der Waals surface area contributed by atoms with Crippen LogP contribution in [0.25, 0.3) is 0 Å². The van der Waals surface area contributed by atoms with Gasteiger partial charge in [0.2, 0.25) is 0 Å². The standard InChI is InChI=1S/C39H49N3O5/c1-4-28-10-12-35(47-27(2)43)23-34(44)20-29(30-11-13-36(45)37(21-30)46-3)9-8-17-41-38-22-33(14-18-42-38)39(15-6-5-7-16-39)24-32-26-40-25-31(32)19-28/h11,13-14,18,21-22,25,28-29,35,45H,4-7,10,12,15-17,19-20,23-24,26H2,1-3H3,(H,41,42). The van der Waals surface area contributed by atoms with Gasteiger partial charge in [0.15, 0.2) is 11.5 Å². The second-order valence-corrected chi connectivity index (χ2v) is 13.4. The third kappa shape index (κ3) is 9.03. The quantitative estimate of drug-likeness (QED) is 0.264. The van der Waals surface area contributed by atoms with Crippen LogP contribution in [0.1, 0.15) is 108 Å². The van der Waals surface area contributed by atoms with Crippen molar-refractivity contribution in [2.24, 2.45) is 10.9 Å². The molecule has 1 aromatic carbocycles. The summed E-state index contributed by atoms with van der Waals surface area (Å²) in [6, 6.07) is 9.46. The maximum atomic E-state index is 13.5. The number of rotatable bonds is 4. The monoisotopic (exact) mass is 639 g/mol. The lowest BCUT2D eigenvalue weighted by Gasteiger charge is -2.39. The number of aliphatic imine (C=N–C) groups is 1. The lowest BCUT2D eigenvalue weighted by Crippen LogP contribution is -2.30. The van der Waals surface area contributed by atoms with Crippen molar-refractivity contribution in [2.45, 2.75) is 108 Å². The van der Waals surface area contributed by atoms with Gasteiger partial charge in [0, 0.05) is 32.2 Å². The molecule has 2 N–H and O–H groups in total. The van der Waals surface area contributed by atoms with Crippen molar-refractivity contribution >= 4 is 23.8 Å². The van der Waals surface area contributed by atoms with E-state index in [1.54, 1.807) is 18.2 Å². The van der Waals surface area contributed by atoms with Crippen LogP contribution in [0.15, 0.2) is 52.7 Å². The zero-order valence-corrected chi connectivity index (χ0v) is 28.1. The molecule has 2 bridgehead atoms. The van der Waals surface area contributed by atoms with E-state index in [2.05, 4.69) is 47.4 Å². The number of ether oxygens (including phenoxy) is 2. The van der Waals surface area contributed by atoms with Crippen LogP contribution < -0.4 is 10.1 Å². The lowest BCUT2D eigenvalue weighted by molar-refractivity contribution is -0.148. The molecule has 5 rings (SSSR count). The number of hydrogen-bond acceptors (Lipinski definition) is 8. The highest BCUT2D eigenvalue weighted by Crippen LogP contribution is 2.46. The summed E-state index contributed by atoms with van der Waals surface area (Å²) in [5, 5.41) is 13.6. The Kier molecular flexibility index (Phi) is 11.7. The third-order valence-electron chi connectivity index (χ3n) is 10.2. The Balaban J connectivity index is 1.49. The number of pyridine rings is 1. The van der Waals surface area contributed by atoms with Gasteiger partial charge < -0.3 is 19.9 Å². The summed E-state index contributed by atoms with van der Waals surface area (Å²) in [5.41, 5.74) is 4.96. The first-order chi connectivity index (χ1) is 22.8. The predicted octanol–water partition coefficient (Wildman–Crippen LogP) is 7.46. The minimum atomic E-state index is -0.489. The van der Waals surface area contributed by atoms with Crippen molar-refractivity contribution in [3.8, 4) is 23.3 Å².